The van der Waals surface area contributed by atoms with Gasteiger partial charge in [-0.2, -0.15) is 0 Å². The highest BCUT2D eigenvalue weighted by Crippen LogP contribution is 2.15. The van der Waals surface area contributed by atoms with Gasteiger partial charge in [0.1, 0.15) is 11.6 Å². The standard InChI is InChI=1S/C15H23F2NO2/c1-4-18-14(15(19-5-2)20-6-3)10-11-9-12(16)7-8-13(11)17/h7-9,14-15,18H,4-6,10H2,1-3H3. The van der Waals surface area contributed by atoms with Crippen molar-refractivity contribution in [1.29, 1.82) is 0 Å². The van der Waals surface area contributed by atoms with Gasteiger partial charge in [-0.3, -0.25) is 0 Å². The van der Waals surface area contributed by atoms with E-state index < -0.39 is 17.9 Å². The third-order valence-electron chi connectivity index (χ3n) is 2.90. The Labute approximate surface area is 119 Å². The molecule has 1 rings (SSSR count). The number of hydrogen-bond donors (Lipinski definition) is 1. The van der Waals surface area contributed by atoms with Crippen LogP contribution in [0.4, 0.5) is 8.78 Å². The van der Waals surface area contributed by atoms with Crippen molar-refractivity contribution in [2.24, 2.45) is 0 Å². The van der Waals surface area contributed by atoms with Crippen LogP contribution in [0.2, 0.25) is 0 Å². The van der Waals surface area contributed by atoms with E-state index in [2.05, 4.69) is 5.32 Å². The molecule has 3 nitrogen and oxygen atoms in total. The quantitative estimate of drug-likeness (QED) is 0.708. The van der Waals surface area contributed by atoms with Gasteiger partial charge in [0, 0.05) is 13.2 Å². The molecule has 0 aromatic heterocycles. The molecule has 1 N–H and O–H groups in total. The molecule has 1 unspecified atom stereocenters. The molecular weight excluding hydrogens is 264 g/mol. The van der Waals surface area contributed by atoms with Gasteiger partial charge < -0.3 is 14.8 Å². The van der Waals surface area contributed by atoms with E-state index >= 15 is 0 Å². The second kappa shape index (κ2) is 9.00. The van der Waals surface area contributed by atoms with E-state index in [-0.39, 0.29) is 6.04 Å². The van der Waals surface area contributed by atoms with E-state index in [0.29, 0.717) is 31.7 Å². The molecule has 1 atom stereocenters. The van der Waals surface area contributed by atoms with Crippen LogP contribution in [0.25, 0.3) is 0 Å². The van der Waals surface area contributed by atoms with Gasteiger partial charge in [0.05, 0.1) is 6.04 Å². The lowest BCUT2D eigenvalue weighted by molar-refractivity contribution is -0.153. The van der Waals surface area contributed by atoms with Crippen molar-refractivity contribution in [3.63, 3.8) is 0 Å². The van der Waals surface area contributed by atoms with Gasteiger partial charge in [-0.05, 0) is 50.6 Å². The maximum atomic E-state index is 13.7. The molecule has 1 aromatic rings. The van der Waals surface area contributed by atoms with Crippen molar-refractivity contribution in [2.45, 2.75) is 39.5 Å². The van der Waals surface area contributed by atoms with Crippen LogP contribution < -0.4 is 5.32 Å². The van der Waals surface area contributed by atoms with Crippen molar-refractivity contribution < 1.29 is 18.3 Å². The molecule has 1 aromatic carbocycles. The zero-order valence-electron chi connectivity index (χ0n) is 12.3. The molecule has 5 heteroatoms. The molecule has 0 bridgehead atoms. The summed E-state index contributed by atoms with van der Waals surface area (Å²) in [5.74, 6) is -0.859. The lowest BCUT2D eigenvalue weighted by Crippen LogP contribution is -2.44. The monoisotopic (exact) mass is 287 g/mol. The van der Waals surface area contributed by atoms with Gasteiger partial charge in [-0.15, -0.1) is 0 Å². The molecule has 0 heterocycles. The molecule has 0 aliphatic heterocycles. The van der Waals surface area contributed by atoms with Gasteiger partial charge in [-0.25, -0.2) is 8.78 Å². The summed E-state index contributed by atoms with van der Waals surface area (Å²) in [6.45, 7) is 7.38. The summed E-state index contributed by atoms with van der Waals surface area (Å²) >= 11 is 0. The Hall–Kier alpha value is -1.04. The van der Waals surface area contributed by atoms with E-state index in [1.165, 1.54) is 6.07 Å². The fourth-order valence-corrected chi connectivity index (χ4v) is 2.07. The van der Waals surface area contributed by atoms with E-state index in [1.807, 2.05) is 20.8 Å². The van der Waals surface area contributed by atoms with Crippen LogP contribution >= 0.6 is 0 Å². The number of likely N-dealkylation sites (N-methyl/N-ethyl adjacent to an activating group) is 1. The van der Waals surface area contributed by atoms with Crippen LogP contribution in [0.5, 0.6) is 0 Å². The third kappa shape index (κ3) is 5.15. The van der Waals surface area contributed by atoms with Crippen molar-refractivity contribution >= 4 is 0 Å². The maximum absolute atomic E-state index is 13.7. The number of benzene rings is 1. The summed E-state index contributed by atoms with van der Waals surface area (Å²) in [5.41, 5.74) is 0.320. The Kier molecular flexibility index (Phi) is 7.65. The number of hydrogen-bond acceptors (Lipinski definition) is 3. The first-order valence-corrected chi connectivity index (χ1v) is 7.02. The van der Waals surface area contributed by atoms with E-state index in [4.69, 9.17) is 9.47 Å². The molecule has 0 saturated heterocycles. The van der Waals surface area contributed by atoms with Gasteiger partial charge >= 0.3 is 0 Å². The minimum Gasteiger partial charge on any atom is -0.351 e. The van der Waals surface area contributed by atoms with E-state index in [0.717, 1.165) is 12.1 Å². The number of ether oxygens (including phenoxy) is 2. The molecular formula is C15H23F2NO2. The van der Waals surface area contributed by atoms with Crippen LogP contribution in [0.3, 0.4) is 0 Å². The average Bonchev–Trinajstić information content (AvgIpc) is 2.42. The smallest absolute Gasteiger partial charge is 0.172 e. The highest BCUT2D eigenvalue weighted by Gasteiger charge is 2.23. The summed E-state index contributed by atoms with van der Waals surface area (Å²) in [6, 6.07) is 3.25. The van der Waals surface area contributed by atoms with Gasteiger partial charge in [0.2, 0.25) is 0 Å². The van der Waals surface area contributed by atoms with Crippen molar-refractivity contribution in [1.82, 2.24) is 5.32 Å². The lowest BCUT2D eigenvalue weighted by atomic mass is 10.0. The van der Waals surface area contributed by atoms with Gasteiger partial charge in [0.15, 0.2) is 6.29 Å². The minimum absolute atomic E-state index is 0.226. The highest BCUT2D eigenvalue weighted by atomic mass is 19.1. The third-order valence-corrected chi connectivity index (χ3v) is 2.90. The summed E-state index contributed by atoms with van der Waals surface area (Å²) < 4.78 is 38.0. The molecule has 20 heavy (non-hydrogen) atoms. The number of nitrogens with one attached hydrogen (secondary N) is 1. The summed E-state index contributed by atoms with van der Waals surface area (Å²) in [7, 11) is 0. The summed E-state index contributed by atoms with van der Waals surface area (Å²) in [5, 5.41) is 3.21. The first-order valence-electron chi connectivity index (χ1n) is 7.02. The predicted octanol–water partition coefficient (Wildman–Crippen LogP) is 2.88. The fourth-order valence-electron chi connectivity index (χ4n) is 2.07. The summed E-state index contributed by atoms with van der Waals surface area (Å²) in [4.78, 5) is 0. The van der Waals surface area contributed by atoms with Crippen LogP contribution in [0, 0.1) is 11.6 Å². The minimum atomic E-state index is -0.479. The molecule has 0 radical (unpaired) electrons. The van der Waals surface area contributed by atoms with Gasteiger partial charge in [-0.1, -0.05) is 6.92 Å². The Morgan fingerprint density at radius 2 is 1.75 bits per heavy atom. The SMILES string of the molecule is CCNC(Cc1cc(F)ccc1F)C(OCC)OCC. The van der Waals surface area contributed by atoms with Crippen molar-refractivity contribution in [2.75, 3.05) is 19.8 Å². The zero-order valence-corrected chi connectivity index (χ0v) is 12.3. The second-order valence-corrected chi connectivity index (χ2v) is 4.38. The number of rotatable bonds is 9. The average molecular weight is 287 g/mol. The topological polar surface area (TPSA) is 30.5 Å². The maximum Gasteiger partial charge on any atom is 0.172 e. The first kappa shape index (κ1) is 17.0. The Balaban J connectivity index is 2.86. The fraction of sp³-hybridized carbons (Fsp3) is 0.600. The molecule has 0 fully saturated rings. The molecule has 114 valence electrons. The zero-order chi connectivity index (χ0) is 15.0. The molecule has 0 aliphatic rings. The van der Waals surface area contributed by atoms with Crippen LogP contribution in [0.1, 0.15) is 26.3 Å². The Morgan fingerprint density at radius 1 is 1.10 bits per heavy atom. The van der Waals surface area contributed by atoms with Crippen LogP contribution in [0.15, 0.2) is 18.2 Å². The molecule has 0 saturated carbocycles. The Morgan fingerprint density at radius 3 is 2.30 bits per heavy atom. The Bertz CT molecular complexity index is 395. The van der Waals surface area contributed by atoms with Gasteiger partial charge in [0.25, 0.3) is 0 Å². The van der Waals surface area contributed by atoms with Crippen molar-refractivity contribution in [3.8, 4) is 0 Å². The highest BCUT2D eigenvalue weighted by molar-refractivity contribution is 5.20. The molecule has 0 aliphatic carbocycles. The summed E-state index contributed by atoms with van der Waals surface area (Å²) in [6.07, 6.45) is -0.171. The normalized spacial score (nSPS) is 12.9. The van der Waals surface area contributed by atoms with E-state index in [9.17, 15) is 8.78 Å². The van der Waals surface area contributed by atoms with E-state index in [1.54, 1.807) is 0 Å². The van der Waals surface area contributed by atoms with Crippen molar-refractivity contribution in [3.05, 3.63) is 35.4 Å². The molecule has 0 spiro atoms. The van der Waals surface area contributed by atoms with Crippen LogP contribution in [-0.2, 0) is 15.9 Å². The first-order chi connectivity index (χ1) is 9.62. The largest absolute Gasteiger partial charge is 0.351 e. The lowest BCUT2D eigenvalue weighted by Gasteiger charge is -2.27. The molecule has 0 amide bonds. The second-order valence-electron chi connectivity index (χ2n) is 4.38. The van der Waals surface area contributed by atoms with Crippen LogP contribution in [-0.4, -0.2) is 32.1 Å². The number of halogens is 2. The predicted molar refractivity (Wildman–Crippen MR) is 74.6 cm³/mol.